The third kappa shape index (κ3) is 3.41. The lowest BCUT2D eigenvalue weighted by Crippen LogP contribution is -2.40. The van der Waals surface area contributed by atoms with E-state index in [9.17, 15) is 18.7 Å². The summed E-state index contributed by atoms with van der Waals surface area (Å²) in [5, 5.41) is 15.2. The lowest BCUT2D eigenvalue weighted by molar-refractivity contribution is 0.163. The van der Waals surface area contributed by atoms with Gasteiger partial charge in [0.15, 0.2) is 0 Å². The first-order valence-corrected chi connectivity index (χ1v) is 7.79. The summed E-state index contributed by atoms with van der Waals surface area (Å²) in [6, 6.07) is 4.48. The van der Waals surface area contributed by atoms with Gasteiger partial charge < -0.3 is 20.2 Å². The van der Waals surface area contributed by atoms with Crippen molar-refractivity contribution in [2.45, 2.75) is 31.4 Å². The molecule has 0 bridgehead atoms. The molecule has 7 heteroatoms. The van der Waals surface area contributed by atoms with Crippen molar-refractivity contribution in [1.82, 2.24) is 10.6 Å². The van der Waals surface area contributed by atoms with Gasteiger partial charge in [-0.25, -0.2) is 13.6 Å². The summed E-state index contributed by atoms with van der Waals surface area (Å²) >= 11 is 0. The maximum Gasteiger partial charge on any atom is 0.315 e. The van der Waals surface area contributed by atoms with Crippen molar-refractivity contribution >= 4 is 6.03 Å². The van der Waals surface area contributed by atoms with E-state index in [0.29, 0.717) is 0 Å². The van der Waals surface area contributed by atoms with Crippen LogP contribution in [0.1, 0.15) is 41.9 Å². The van der Waals surface area contributed by atoms with Crippen LogP contribution in [0.4, 0.5) is 13.6 Å². The van der Waals surface area contributed by atoms with Crippen LogP contribution >= 0.6 is 0 Å². The van der Waals surface area contributed by atoms with E-state index in [2.05, 4.69) is 10.6 Å². The Morgan fingerprint density at radius 1 is 1.33 bits per heavy atom. The normalized spacial score (nSPS) is 17.9. The van der Waals surface area contributed by atoms with Crippen LogP contribution in [0.25, 0.3) is 0 Å². The van der Waals surface area contributed by atoms with Gasteiger partial charge in [-0.2, -0.15) is 0 Å². The summed E-state index contributed by atoms with van der Waals surface area (Å²) in [4.78, 5) is 12.0. The fraction of sp³-hybridized carbons (Fsp3) is 0.353. The molecule has 3 N–H and O–H groups in total. The standard InChI is InChI=1S/C17H18F2N2O3/c18-11-3-1-4-12(19)16(11)14(22)9-20-17(23)21-13-5-2-6-15-10(13)7-8-24-15/h1,3-4,7-8,13-14,22H,2,5-6,9H2,(H2,20,21,23). The Balaban J connectivity index is 1.57. The second-order valence-electron chi connectivity index (χ2n) is 5.75. The summed E-state index contributed by atoms with van der Waals surface area (Å²) in [5.41, 5.74) is 0.490. The fourth-order valence-corrected chi connectivity index (χ4v) is 2.97. The molecule has 2 aromatic rings. The molecular formula is C17H18F2N2O3. The first kappa shape index (κ1) is 16.4. The Bertz CT molecular complexity index is 712. The lowest BCUT2D eigenvalue weighted by Gasteiger charge is -2.23. The van der Waals surface area contributed by atoms with Gasteiger partial charge >= 0.3 is 6.03 Å². The molecule has 1 aromatic carbocycles. The topological polar surface area (TPSA) is 74.5 Å². The highest BCUT2D eigenvalue weighted by Crippen LogP contribution is 2.30. The summed E-state index contributed by atoms with van der Waals surface area (Å²) in [7, 11) is 0. The first-order valence-electron chi connectivity index (χ1n) is 7.79. The highest BCUT2D eigenvalue weighted by molar-refractivity contribution is 5.74. The van der Waals surface area contributed by atoms with Crippen molar-refractivity contribution < 1.29 is 23.1 Å². The Labute approximate surface area is 137 Å². The molecule has 0 spiro atoms. The highest BCUT2D eigenvalue weighted by Gasteiger charge is 2.24. The number of nitrogens with one attached hydrogen (secondary N) is 2. The minimum Gasteiger partial charge on any atom is -0.469 e. The second-order valence-corrected chi connectivity index (χ2v) is 5.75. The minimum absolute atomic E-state index is 0.171. The molecular weight excluding hydrogens is 318 g/mol. The number of hydrogen-bond acceptors (Lipinski definition) is 3. The van der Waals surface area contributed by atoms with Crippen LogP contribution in [0.5, 0.6) is 0 Å². The van der Waals surface area contributed by atoms with E-state index in [0.717, 1.165) is 42.7 Å². The van der Waals surface area contributed by atoms with Gasteiger partial charge in [0.05, 0.1) is 17.9 Å². The molecule has 0 saturated heterocycles. The van der Waals surface area contributed by atoms with Gasteiger partial charge in [0.25, 0.3) is 0 Å². The van der Waals surface area contributed by atoms with Crippen molar-refractivity contribution in [3.63, 3.8) is 0 Å². The van der Waals surface area contributed by atoms with Crippen LogP contribution in [0.2, 0.25) is 0 Å². The zero-order valence-electron chi connectivity index (χ0n) is 12.9. The SMILES string of the molecule is O=C(NCC(O)c1c(F)cccc1F)NC1CCCc2occc21. The van der Waals surface area contributed by atoms with E-state index in [-0.39, 0.29) is 12.6 Å². The lowest BCUT2D eigenvalue weighted by atomic mass is 9.93. The van der Waals surface area contributed by atoms with Gasteiger partial charge in [-0.15, -0.1) is 0 Å². The Morgan fingerprint density at radius 2 is 2.08 bits per heavy atom. The fourth-order valence-electron chi connectivity index (χ4n) is 2.97. The Morgan fingerprint density at radius 3 is 2.83 bits per heavy atom. The van der Waals surface area contributed by atoms with Gasteiger partial charge in [-0.1, -0.05) is 6.07 Å². The van der Waals surface area contributed by atoms with E-state index in [1.54, 1.807) is 6.26 Å². The van der Waals surface area contributed by atoms with Crippen LogP contribution in [0, 0.1) is 11.6 Å². The number of aliphatic hydroxyl groups is 1. The van der Waals surface area contributed by atoms with E-state index in [1.165, 1.54) is 6.07 Å². The summed E-state index contributed by atoms with van der Waals surface area (Å²) in [5.74, 6) is -0.833. The van der Waals surface area contributed by atoms with Crippen LogP contribution < -0.4 is 10.6 Å². The molecule has 0 aliphatic heterocycles. The molecule has 1 aliphatic rings. The molecule has 1 aliphatic carbocycles. The smallest absolute Gasteiger partial charge is 0.315 e. The number of carbonyl (C=O) groups is 1. The number of urea groups is 1. The third-order valence-corrected chi connectivity index (χ3v) is 4.15. The third-order valence-electron chi connectivity index (χ3n) is 4.15. The van der Waals surface area contributed by atoms with Crippen LogP contribution in [0.3, 0.4) is 0 Å². The molecule has 2 amide bonds. The van der Waals surface area contributed by atoms with Gasteiger partial charge in [-0.3, -0.25) is 0 Å². The molecule has 2 unspecified atom stereocenters. The largest absolute Gasteiger partial charge is 0.469 e. The van der Waals surface area contributed by atoms with E-state index >= 15 is 0 Å². The van der Waals surface area contributed by atoms with E-state index < -0.39 is 29.3 Å². The van der Waals surface area contributed by atoms with Gasteiger partial charge in [-0.05, 0) is 31.0 Å². The molecule has 1 aromatic heterocycles. The molecule has 0 fully saturated rings. The first-order chi connectivity index (χ1) is 11.6. The minimum atomic E-state index is -1.47. The highest BCUT2D eigenvalue weighted by atomic mass is 19.1. The van der Waals surface area contributed by atoms with Gasteiger partial charge in [0.1, 0.15) is 23.5 Å². The molecule has 5 nitrogen and oxygen atoms in total. The number of aliphatic hydroxyl groups excluding tert-OH is 1. The predicted molar refractivity (Wildman–Crippen MR) is 82.2 cm³/mol. The van der Waals surface area contributed by atoms with Crippen LogP contribution in [-0.2, 0) is 6.42 Å². The molecule has 0 radical (unpaired) electrons. The quantitative estimate of drug-likeness (QED) is 0.803. The Kier molecular flexibility index (Phi) is 4.80. The summed E-state index contributed by atoms with van der Waals surface area (Å²) in [6.07, 6.45) is 2.65. The number of fused-ring (bicyclic) bond motifs is 1. The van der Waals surface area contributed by atoms with Crippen molar-refractivity contribution in [3.8, 4) is 0 Å². The maximum absolute atomic E-state index is 13.6. The van der Waals surface area contributed by atoms with Crippen molar-refractivity contribution in [1.29, 1.82) is 0 Å². The second kappa shape index (κ2) is 7.00. The van der Waals surface area contributed by atoms with Crippen LogP contribution in [0.15, 0.2) is 34.9 Å². The number of benzene rings is 1. The predicted octanol–water partition coefficient (Wildman–Crippen LogP) is 2.97. The molecule has 24 heavy (non-hydrogen) atoms. The number of halogens is 2. The number of hydrogen-bond donors (Lipinski definition) is 3. The number of amides is 2. The zero-order valence-corrected chi connectivity index (χ0v) is 12.9. The molecule has 128 valence electrons. The summed E-state index contributed by atoms with van der Waals surface area (Å²) in [6.45, 7) is -0.297. The molecule has 2 atom stereocenters. The number of aryl methyl sites for hydroxylation is 1. The van der Waals surface area contributed by atoms with Crippen molar-refractivity contribution in [2.24, 2.45) is 0 Å². The summed E-state index contributed by atoms with van der Waals surface area (Å²) < 4.78 is 32.5. The number of furan rings is 1. The average molecular weight is 336 g/mol. The zero-order chi connectivity index (χ0) is 17.1. The van der Waals surface area contributed by atoms with E-state index in [4.69, 9.17) is 4.42 Å². The number of rotatable bonds is 4. The average Bonchev–Trinajstić information content (AvgIpc) is 3.02. The maximum atomic E-state index is 13.6. The van der Waals surface area contributed by atoms with Gasteiger partial charge in [0, 0.05) is 18.5 Å². The molecule has 3 rings (SSSR count). The number of carbonyl (C=O) groups excluding carboxylic acids is 1. The van der Waals surface area contributed by atoms with Gasteiger partial charge in [0.2, 0.25) is 0 Å². The van der Waals surface area contributed by atoms with Crippen LogP contribution in [-0.4, -0.2) is 17.7 Å². The monoisotopic (exact) mass is 336 g/mol. The van der Waals surface area contributed by atoms with Crippen molar-refractivity contribution in [2.75, 3.05) is 6.54 Å². The molecule has 0 saturated carbocycles. The Hall–Kier alpha value is -2.41. The van der Waals surface area contributed by atoms with Crippen molar-refractivity contribution in [3.05, 3.63) is 59.1 Å². The van der Waals surface area contributed by atoms with E-state index in [1.807, 2.05) is 6.07 Å². The molecule has 1 heterocycles.